The number of alkyl halides is 3. The third kappa shape index (κ3) is 5.61. The predicted molar refractivity (Wildman–Crippen MR) is 111 cm³/mol. The van der Waals surface area contributed by atoms with Gasteiger partial charge in [-0.25, -0.2) is 13.6 Å². The second kappa shape index (κ2) is 9.64. The van der Waals surface area contributed by atoms with Crippen molar-refractivity contribution in [2.45, 2.75) is 17.6 Å². The highest BCUT2D eigenvalue weighted by Gasteiger charge is 2.33. The summed E-state index contributed by atoms with van der Waals surface area (Å²) in [6, 6.07) is 8.04. The zero-order chi connectivity index (χ0) is 23.5. The summed E-state index contributed by atoms with van der Waals surface area (Å²) in [5.74, 6) is -2.17. The summed E-state index contributed by atoms with van der Waals surface area (Å²) in [6.07, 6.45) is -3.45. The van der Waals surface area contributed by atoms with Gasteiger partial charge < -0.3 is 5.32 Å². The number of carbonyl (C=O) groups excluding carboxylic acids is 1. The molecule has 32 heavy (non-hydrogen) atoms. The Morgan fingerprint density at radius 3 is 2.59 bits per heavy atom. The molecule has 166 valence electrons. The number of nitrogens with zero attached hydrogens (tertiary/aromatic N) is 2. The van der Waals surface area contributed by atoms with Gasteiger partial charge in [-0.1, -0.05) is 29.0 Å². The molecule has 0 saturated heterocycles. The third-order valence-corrected chi connectivity index (χ3v) is 6.24. The number of nitriles is 1. The fourth-order valence-corrected chi connectivity index (χ4v) is 4.35. The number of halogens is 5. The lowest BCUT2D eigenvalue weighted by Gasteiger charge is -2.11. The van der Waals surface area contributed by atoms with Crippen molar-refractivity contribution in [2.24, 2.45) is 0 Å². The maximum absolute atomic E-state index is 13.7. The van der Waals surface area contributed by atoms with Gasteiger partial charge in [-0.15, -0.1) is 0 Å². The molecule has 0 aliphatic rings. The zero-order valence-electron chi connectivity index (χ0n) is 15.7. The Bertz CT molecular complexity index is 1240. The number of carbonyl (C=O) groups is 1. The summed E-state index contributed by atoms with van der Waals surface area (Å²) in [7, 11) is -1.78. The fraction of sp³-hybridized carbons (Fsp3) is 0.105. The molecule has 0 spiro atoms. The smallest absolute Gasteiger partial charge is 0.348 e. The molecule has 3 aromatic rings. The van der Waals surface area contributed by atoms with Gasteiger partial charge >= 0.3 is 6.18 Å². The van der Waals surface area contributed by atoms with Crippen molar-refractivity contribution in [3.8, 4) is 6.07 Å². The van der Waals surface area contributed by atoms with Gasteiger partial charge in [0.25, 0.3) is 5.91 Å². The second-order valence-corrected chi connectivity index (χ2v) is 9.03. The summed E-state index contributed by atoms with van der Waals surface area (Å²) in [6.45, 7) is -0.265. The molecular weight excluding hydrogens is 492 g/mol. The van der Waals surface area contributed by atoms with Crippen LogP contribution in [0.25, 0.3) is 0 Å². The standard InChI is InChI=1S/C19H11ClF4N4O2S2/c20-16-9-27-18(31-16)28-32(30)12-2-3-13(11(6-12)7-25)17(29)26-8-10-1-4-14(15(21)5-10)19(22,23)24/h1-6,9H,8H2,(H,26,29)(H,27,28). The van der Waals surface area contributed by atoms with Gasteiger partial charge in [0.05, 0.1) is 33.9 Å². The van der Waals surface area contributed by atoms with Gasteiger partial charge in [0, 0.05) is 6.54 Å². The van der Waals surface area contributed by atoms with E-state index in [1.54, 1.807) is 0 Å². The Morgan fingerprint density at radius 2 is 2.00 bits per heavy atom. The minimum absolute atomic E-state index is 0.0436. The van der Waals surface area contributed by atoms with Crippen LogP contribution in [0, 0.1) is 17.1 Å². The number of thiazole rings is 1. The van der Waals surface area contributed by atoms with Crippen molar-refractivity contribution in [3.05, 3.63) is 75.0 Å². The highest BCUT2D eigenvalue weighted by Crippen LogP contribution is 2.31. The molecule has 0 radical (unpaired) electrons. The monoisotopic (exact) mass is 502 g/mol. The molecule has 2 N–H and O–H groups in total. The predicted octanol–water partition coefficient (Wildman–Crippen LogP) is 4.89. The summed E-state index contributed by atoms with van der Waals surface area (Å²) < 4.78 is 67.0. The number of benzene rings is 2. The minimum atomic E-state index is -4.82. The number of nitrogens with one attached hydrogen (secondary N) is 2. The van der Waals surface area contributed by atoms with Crippen LogP contribution in [0.3, 0.4) is 0 Å². The van der Waals surface area contributed by atoms with Crippen LogP contribution >= 0.6 is 22.9 Å². The summed E-state index contributed by atoms with van der Waals surface area (Å²) in [5, 5.41) is 12.1. The van der Waals surface area contributed by atoms with Gasteiger partial charge in [-0.05, 0) is 35.9 Å². The molecule has 1 heterocycles. The topological polar surface area (TPSA) is 94.9 Å². The largest absolute Gasteiger partial charge is 0.419 e. The number of hydrogen-bond acceptors (Lipinski definition) is 5. The maximum Gasteiger partial charge on any atom is 0.419 e. The zero-order valence-corrected chi connectivity index (χ0v) is 18.1. The van der Waals surface area contributed by atoms with Crippen LogP contribution in [0.4, 0.5) is 22.7 Å². The Hall–Kier alpha value is -3.01. The molecule has 2 aromatic carbocycles. The highest BCUT2D eigenvalue weighted by molar-refractivity contribution is 7.86. The molecule has 0 saturated carbocycles. The maximum atomic E-state index is 13.7. The lowest BCUT2D eigenvalue weighted by molar-refractivity contribution is -0.140. The van der Waals surface area contributed by atoms with Crippen LogP contribution in [0.2, 0.25) is 4.34 Å². The van der Waals surface area contributed by atoms with Gasteiger partial charge in [0.1, 0.15) is 10.2 Å². The van der Waals surface area contributed by atoms with Gasteiger partial charge in [-0.2, -0.15) is 18.4 Å². The van der Waals surface area contributed by atoms with Crippen LogP contribution < -0.4 is 10.0 Å². The normalized spacial score (nSPS) is 12.1. The lowest BCUT2D eigenvalue weighted by Crippen LogP contribution is -2.24. The second-order valence-electron chi connectivity index (χ2n) is 6.15. The molecule has 0 fully saturated rings. The van der Waals surface area contributed by atoms with Crippen molar-refractivity contribution < 1.29 is 26.6 Å². The molecule has 0 aliphatic carbocycles. The average Bonchev–Trinajstić information content (AvgIpc) is 3.15. The van der Waals surface area contributed by atoms with Crippen molar-refractivity contribution in [1.29, 1.82) is 5.26 Å². The summed E-state index contributed by atoms with van der Waals surface area (Å²) >= 11 is 6.83. The first-order valence-corrected chi connectivity index (χ1v) is 10.9. The Morgan fingerprint density at radius 1 is 1.25 bits per heavy atom. The Balaban J connectivity index is 1.71. The highest BCUT2D eigenvalue weighted by atomic mass is 35.5. The van der Waals surface area contributed by atoms with E-state index < -0.39 is 34.4 Å². The SMILES string of the molecule is N#Cc1cc(S(=O)Nc2ncc(Cl)s2)ccc1C(=O)NCc1ccc(C(F)(F)F)c(F)c1. The first-order valence-electron chi connectivity index (χ1n) is 8.56. The summed E-state index contributed by atoms with van der Waals surface area (Å²) in [4.78, 5) is 16.5. The van der Waals surface area contributed by atoms with Crippen LogP contribution in [-0.2, 0) is 23.7 Å². The van der Waals surface area contributed by atoms with E-state index in [1.807, 2.05) is 6.07 Å². The number of amides is 1. The number of hydrogen-bond donors (Lipinski definition) is 2. The quantitative estimate of drug-likeness (QED) is 0.469. The van der Waals surface area contributed by atoms with Gasteiger partial charge in [-0.3, -0.25) is 9.52 Å². The first-order chi connectivity index (χ1) is 15.1. The molecule has 6 nitrogen and oxygen atoms in total. The Labute approximate surface area is 190 Å². The molecule has 1 unspecified atom stereocenters. The van der Waals surface area contributed by atoms with Crippen LogP contribution in [0.5, 0.6) is 0 Å². The third-order valence-electron chi connectivity index (χ3n) is 4.02. The molecule has 1 aromatic heterocycles. The molecular formula is C19H11ClF4N4O2S2. The Kier molecular flexibility index (Phi) is 7.12. The van der Waals surface area contributed by atoms with Crippen LogP contribution in [-0.4, -0.2) is 15.1 Å². The van der Waals surface area contributed by atoms with E-state index in [-0.39, 0.29) is 28.1 Å². The van der Waals surface area contributed by atoms with E-state index in [0.29, 0.717) is 21.6 Å². The van der Waals surface area contributed by atoms with E-state index in [1.165, 1.54) is 24.4 Å². The van der Waals surface area contributed by atoms with Crippen LogP contribution in [0.15, 0.2) is 47.5 Å². The molecule has 3 rings (SSSR count). The van der Waals surface area contributed by atoms with Gasteiger partial charge in [0.15, 0.2) is 16.1 Å². The van der Waals surface area contributed by atoms with Crippen LogP contribution in [0.1, 0.15) is 27.0 Å². The van der Waals surface area contributed by atoms with Crippen molar-refractivity contribution in [1.82, 2.24) is 10.3 Å². The van der Waals surface area contributed by atoms with Crippen molar-refractivity contribution in [2.75, 3.05) is 4.72 Å². The average molecular weight is 503 g/mol. The lowest BCUT2D eigenvalue weighted by atomic mass is 10.1. The van der Waals surface area contributed by atoms with Gasteiger partial charge in [0.2, 0.25) is 0 Å². The molecule has 1 amide bonds. The number of anilines is 1. The molecule has 0 aliphatic heterocycles. The first kappa shape index (κ1) is 23.6. The van der Waals surface area contributed by atoms with E-state index in [2.05, 4.69) is 15.0 Å². The van der Waals surface area contributed by atoms with E-state index in [0.717, 1.165) is 17.4 Å². The fourth-order valence-electron chi connectivity index (χ4n) is 2.55. The van der Waals surface area contributed by atoms with E-state index >= 15 is 0 Å². The van der Waals surface area contributed by atoms with Crippen molar-refractivity contribution >= 4 is 45.0 Å². The molecule has 13 heteroatoms. The number of rotatable bonds is 6. The van der Waals surface area contributed by atoms with Crippen molar-refractivity contribution in [3.63, 3.8) is 0 Å². The molecule has 1 atom stereocenters. The van der Waals surface area contributed by atoms with E-state index in [4.69, 9.17) is 11.6 Å². The summed E-state index contributed by atoms with van der Waals surface area (Å²) in [5.41, 5.74) is -1.42. The van der Waals surface area contributed by atoms with E-state index in [9.17, 15) is 31.8 Å². The minimum Gasteiger partial charge on any atom is -0.348 e. The number of aromatic nitrogens is 1. The molecule has 0 bridgehead atoms.